The molecular formula is C29H33Cl2N3O4S. The van der Waals surface area contributed by atoms with E-state index in [0.29, 0.717) is 10.0 Å². The maximum Gasteiger partial charge on any atom is 0.264 e. The molecule has 3 aromatic carbocycles. The highest BCUT2D eigenvalue weighted by Gasteiger charge is 2.32. The molecule has 3 aromatic rings. The number of rotatable bonds is 10. The van der Waals surface area contributed by atoms with E-state index in [-0.39, 0.29) is 29.1 Å². The molecule has 2 amide bonds. The van der Waals surface area contributed by atoms with E-state index >= 15 is 0 Å². The Morgan fingerprint density at radius 2 is 1.51 bits per heavy atom. The predicted molar refractivity (Wildman–Crippen MR) is 157 cm³/mol. The van der Waals surface area contributed by atoms with Crippen LogP contribution in [-0.2, 0) is 26.2 Å². The monoisotopic (exact) mass is 589 g/mol. The van der Waals surface area contributed by atoms with E-state index in [1.165, 1.54) is 23.1 Å². The zero-order valence-electron chi connectivity index (χ0n) is 22.6. The van der Waals surface area contributed by atoms with Crippen molar-refractivity contribution in [2.45, 2.75) is 58.1 Å². The van der Waals surface area contributed by atoms with Gasteiger partial charge in [-0.3, -0.25) is 13.9 Å². The minimum absolute atomic E-state index is 0.0347. The number of benzene rings is 3. The summed E-state index contributed by atoms with van der Waals surface area (Å²) in [5.41, 5.74) is 2.64. The minimum atomic E-state index is -4.16. The number of carbonyl (C=O) groups excluding carboxylic acids is 2. The van der Waals surface area contributed by atoms with Gasteiger partial charge in [0.1, 0.15) is 12.6 Å². The smallest absolute Gasteiger partial charge is 0.264 e. The Labute approximate surface area is 240 Å². The zero-order chi connectivity index (χ0) is 28.9. The first-order valence-corrected chi connectivity index (χ1v) is 14.7. The van der Waals surface area contributed by atoms with Crippen molar-refractivity contribution in [2.75, 3.05) is 10.8 Å². The van der Waals surface area contributed by atoms with Gasteiger partial charge in [0.2, 0.25) is 11.8 Å². The molecule has 208 valence electrons. The summed E-state index contributed by atoms with van der Waals surface area (Å²) in [5, 5.41) is 3.73. The molecule has 1 N–H and O–H groups in total. The summed E-state index contributed by atoms with van der Waals surface area (Å²) in [6, 6.07) is 17.1. The summed E-state index contributed by atoms with van der Waals surface area (Å²) >= 11 is 12.4. The third kappa shape index (κ3) is 7.75. The quantitative estimate of drug-likeness (QED) is 0.326. The van der Waals surface area contributed by atoms with E-state index in [9.17, 15) is 18.0 Å². The molecule has 3 rings (SSSR count). The molecule has 1 atom stereocenters. The lowest BCUT2D eigenvalue weighted by Gasteiger charge is -2.32. The largest absolute Gasteiger partial charge is 0.352 e. The van der Waals surface area contributed by atoms with Crippen LogP contribution in [0, 0.1) is 13.8 Å². The number of nitrogens with one attached hydrogen (secondary N) is 1. The van der Waals surface area contributed by atoms with Gasteiger partial charge in [-0.05, 0) is 82.1 Å². The van der Waals surface area contributed by atoms with Crippen molar-refractivity contribution < 1.29 is 18.0 Å². The minimum Gasteiger partial charge on any atom is -0.352 e. The fourth-order valence-corrected chi connectivity index (χ4v) is 5.58. The molecule has 0 saturated heterocycles. The summed E-state index contributed by atoms with van der Waals surface area (Å²) in [6.07, 6.45) is 0. The van der Waals surface area contributed by atoms with Gasteiger partial charge in [-0.1, -0.05) is 59.1 Å². The van der Waals surface area contributed by atoms with Crippen LogP contribution in [0.25, 0.3) is 0 Å². The number of anilines is 1. The Bertz CT molecular complexity index is 1430. The number of sulfonamides is 1. The first-order chi connectivity index (χ1) is 18.3. The third-order valence-corrected chi connectivity index (χ3v) is 8.64. The first-order valence-electron chi connectivity index (χ1n) is 12.5. The number of aryl methyl sites for hydroxylation is 2. The lowest BCUT2D eigenvalue weighted by atomic mass is 10.1. The molecule has 0 radical (unpaired) electrons. The SMILES string of the molecule is Cc1ccc(S(=O)(=O)N(CC(=O)N(Cc2ccc(Cl)cc2)C(C)C(=O)NC(C)C)c2ccc(C)c(Cl)c2)cc1. The number of halogens is 2. The highest BCUT2D eigenvalue weighted by atomic mass is 35.5. The number of amides is 2. The second-order valence-corrected chi connectivity index (χ2v) is 12.5. The summed E-state index contributed by atoms with van der Waals surface area (Å²) in [7, 11) is -4.16. The van der Waals surface area contributed by atoms with Crippen LogP contribution in [0.3, 0.4) is 0 Å². The molecule has 1 unspecified atom stereocenters. The molecule has 0 bridgehead atoms. The van der Waals surface area contributed by atoms with Crippen LogP contribution in [0.2, 0.25) is 10.0 Å². The average molecular weight is 591 g/mol. The second kappa shape index (κ2) is 12.9. The van der Waals surface area contributed by atoms with Crippen molar-refractivity contribution in [3.63, 3.8) is 0 Å². The summed E-state index contributed by atoms with van der Waals surface area (Å²) in [6.45, 7) is 8.47. The van der Waals surface area contributed by atoms with Gasteiger partial charge in [0.05, 0.1) is 10.6 Å². The standard InChI is InChI=1S/C29H33Cl2N3O4S/c1-19(2)32-29(36)22(5)33(17-23-9-11-24(30)12-10-23)28(35)18-34(25-13-8-21(4)27(31)16-25)39(37,38)26-14-6-20(3)7-15-26/h6-16,19,22H,17-18H2,1-5H3,(H,32,36). The van der Waals surface area contributed by atoms with Crippen molar-refractivity contribution >= 4 is 50.7 Å². The van der Waals surface area contributed by atoms with Gasteiger partial charge < -0.3 is 10.2 Å². The highest BCUT2D eigenvalue weighted by molar-refractivity contribution is 7.92. The average Bonchev–Trinajstić information content (AvgIpc) is 2.88. The Balaban J connectivity index is 2.05. The van der Waals surface area contributed by atoms with Crippen LogP contribution in [-0.4, -0.2) is 43.8 Å². The Kier molecular flexibility index (Phi) is 10.0. The van der Waals surface area contributed by atoms with E-state index in [4.69, 9.17) is 23.2 Å². The Hall–Kier alpha value is -3.07. The molecule has 10 heteroatoms. The fourth-order valence-electron chi connectivity index (χ4n) is 3.88. The zero-order valence-corrected chi connectivity index (χ0v) is 24.9. The van der Waals surface area contributed by atoms with E-state index in [1.807, 2.05) is 20.8 Å². The maximum absolute atomic E-state index is 13.9. The van der Waals surface area contributed by atoms with Crippen molar-refractivity contribution in [1.82, 2.24) is 10.2 Å². The predicted octanol–water partition coefficient (Wildman–Crippen LogP) is 5.75. The molecule has 0 aliphatic heterocycles. The van der Waals surface area contributed by atoms with Crippen LogP contribution in [0.1, 0.15) is 37.5 Å². The van der Waals surface area contributed by atoms with Gasteiger partial charge in [-0.25, -0.2) is 8.42 Å². The molecule has 7 nitrogen and oxygen atoms in total. The highest BCUT2D eigenvalue weighted by Crippen LogP contribution is 2.29. The lowest BCUT2D eigenvalue weighted by Crippen LogP contribution is -2.52. The summed E-state index contributed by atoms with van der Waals surface area (Å²) in [4.78, 5) is 28.3. The van der Waals surface area contributed by atoms with E-state index in [2.05, 4.69) is 5.32 Å². The van der Waals surface area contributed by atoms with Gasteiger partial charge in [-0.2, -0.15) is 0 Å². The molecule has 0 heterocycles. The molecule has 0 aliphatic carbocycles. The molecule has 0 aliphatic rings. The van der Waals surface area contributed by atoms with Gasteiger partial charge >= 0.3 is 0 Å². The number of carbonyl (C=O) groups is 2. The number of nitrogens with zero attached hydrogens (tertiary/aromatic N) is 2. The van der Waals surface area contributed by atoms with E-state index < -0.39 is 28.5 Å². The second-order valence-electron chi connectivity index (χ2n) is 9.75. The van der Waals surface area contributed by atoms with Gasteiger partial charge in [-0.15, -0.1) is 0 Å². The molecule has 0 spiro atoms. The van der Waals surface area contributed by atoms with Gasteiger partial charge in [0.25, 0.3) is 10.0 Å². The third-order valence-electron chi connectivity index (χ3n) is 6.20. The molecule has 0 saturated carbocycles. The molecule has 39 heavy (non-hydrogen) atoms. The van der Waals surface area contributed by atoms with Gasteiger partial charge in [0, 0.05) is 22.6 Å². The van der Waals surface area contributed by atoms with Crippen LogP contribution < -0.4 is 9.62 Å². The number of hydrogen-bond donors (Lipinski definition) is 1. The maximum atomic E-state index is 13.9. The molecule has 0 fully saturated rings. The van der Waals surface area contributed by atoms with E-state index in [1.54, 1.807) is 62.4 Å². The van der Waals surface area contributed by atoms with Crippen LogP contribution in [0.5, 0.6) is 0 Å². The van der Waals surface area contributed by atoms with Crippen LogP contribution in [0.4, 0.5) is 5.69 Å². The Morgan fingerprint density at radius 3 is 2.08 bits per heavy atom. The topological polar surface area (TPSA) is 86.8 Å². The molecule has 0 aromatic heterocycles. The van der Waals surface area contributed by atoms with Crippen molar-refractivity contribution in [2.24, 2.45) is 0 Å². The van der Waals surface area contributed by atoms with Crippen LogP contribution >= 0.6 is 23.2 Å². The first kappa shape index (κ1) is 30.5. The Morgan fingerprint density at radius 1 is 0.897 bits per heavy atom. The fraction of sp³-hybridized carbons (Fsp3) is 0.310. The van der Waals surface area contributed by atoms with Gasteiger partial charge in [0.15, 0.2) is 0 Å². The van der Waals surface area contributed by atoms with Crippen molar-refractivity contribution in [1.29, 1.82) is 0 Å². The van der Waals surface area contributed by atoms with Crippen molar-refractivity contribution in [3.05, 3.63) is 93.5 Å². The van der Waals surface area contributed by atoms with Crippen molar-refractivity contribution in [3.8, 4) is 0 Å². The lowest BCUT2D eigenvalue weighted by molar-refractivity contribution is -0.139. The number of hydrogen-bond acceptors (Lipinski definition) is 4. The molecular weight excluding hydrogens is 557 g/mol. The normalized spacial score (nSPS) is 12.2. The van der Waals surface area contributed by atoms with Crippen LogP contribution in [0.15, 0.2) is 71.6 Å². The summed E-state index contributed by atoms with van der Waals surface area (Å²) in [5.74, 6) is -0.901. The summed E-state index contributed by atoms with van der Waals surface area (Å²) < 4.78 is 28.8. The van der Waals surface area contributed by atoms with E-state index in [0.717, 1.165) is 21.0 Å².